The van der Waals surface area contributed by atoms with Gasteiger partial charge < -0.3 is 9.73 Å². The predicted molar refractivity (Wildman–Crippen MR) is 94.8 cm³/mol. The Labute approximate surface area is 148 Å². The molecule has 0 aliphatic carbocycles. The highest BCUT2D eigenvalue weighted by Gasteiger charge is 2.20. The molecular weight excluding hydrogens is 341 g/mol. The number of anilines is 1. The monoisotopic (exact) mass is 357 g/mol. The molecule has 1 amide bonds. The van der Waals surface area contributed by atoms with Crippen molar-refractivity contribution in [3.05, 3.63) is 59.9 Å². The highest BCUT2D eigenvalue weighted by molar-refractivity contribution is 8.00. The largest absolute Gasteiger partial charge is 0.411 e. The fourth-order valence-corrected chi connectivity index (χ4v) is 2.86. The highest BCUT2D eigenvalue weighted by Crippen LogP contribution is 2.28. The molecule has 25 heavy (non-hydrogen) atoms. The average Bonchev–Trinajstić information content (AvgIpc) is 3.05. The summed E-state index contributed by atoms with van der Waals surface area (Å²) in [5.41, 5.74) is 2.02. The van der Waals surface area contributed by atoms with E-state index in [1.54, 1.807) is 19.1 Å². The van der Waals surface area contributed by atoms with Crippen molar-refractivity contribution in [3.8, 4) is 11.5 Å². The van der Waals surface area contributed by atoms with Crippen molar-refractivity contribution in [2.45, 2.75) is 24.3 Å². The molecule has 0 spiro atoms. The van der Waals surface area contributed by atoms with Crippen LogP contribution in [0.2, 0.25) is 0 Å². The fourth-order valence-electron chi connectivity index (χ4n) is 2.18. The van der Waals surface area contributed by atoms with E-state index in [4.69, 9.17) is 4.42 Å². The van der Waals surface area contributed by atoms with Crippen molar-refractivity contribution in [2.75, 3.05) is 5.32 Å². The molecule has 1 aromatic heterocycles. The standard InChI is InChI=1S/C18H16FN3O2S/c1-11-7-3-4-8-13(11)17-21-22-18(24-17)25-12(2)16(23)20-15-10-6-5-9-14(15)19/h3-10,12H,1-2H3,(H,20,23)/t12-/m1/s1. The van der Waals surface area contributed by atoms with Crippen LogP contribution in [0, 0.1) is 12.7 Å². The first-order valence-corrected chi connectivity index (χ1v) is 8.54. The molecule has 0 radical (unpaired) electrons. The number of nitrogens with zero attached hydrogens (tertiary/aromatic N) is 2. The summed E-state index contributed by atoms with van der Waals surface area (Å²) in [6, 6.07) is 13.7. The Morgan fingerprint density at radius 1 is 1.16 bits per heavy atom. The normalized spacial score (nSPS) is 12.0. The summed E-state index contributed by atoms with van der Waals surface area (Å²) in [4.78, 5) is 12.2. The Morgan fingerprint density at radius 2 is 1.88 bits per heavy atom. The molecule has 0 saturated heterocycles. The summed E-state index contributed by atoms with van der Waals surface area (Å²) >= 11 is 1.12. The van der Waals surface area contributed by atoms with E-state index in [1.165, 1.54) is 12.1 Å². The van der Waals surface area contributed by atoms with Crippen LogP contribution in [0.15, 0.2) is 58.2 Å². The van der Waals surface area contributed by atoms with Crippen LogP contribution >= 0.6 is 11.8 Å². The van der Waals surface area contributed by atoms with Gasteiger partial charge in [-0.25, -0.2) is 4.39 Å². The lowest BCUT2D eigenvalue weighted by Gasteiger charge is -2.10. The lowest BCUT2D eigenvalue weighted by molar-refractivity contribution is -0.115. The molecule has 0 aliphatic heterocycles. The minimum absolute atomic E-state index is 0.145. The van der Waals surface area contributed by atoms with Gasteiger partial charge in [0.15, 0.2) is 0 Å². The molecule has 0 fully saturated rings. The lowest BCUT2D eigenvalue weighted by atomic mass is 10.1. The zero-order chi connectivity index (χ0) is 17.8. The summed E-state index contributed by atoms with van der Waals surface area (Å²) in [6.07, 6.45) is 0. The van der Waals surface area contributed by atoms with E-state index in [0.717, 1.165) is 22.9 Å². The van der Waals surface area contributed by atoms with Crippen molar-refractivity contribution in [1.29, 1.82) is 0 Å². The number of nitrogens with one attached hydrogen (secondary N) is 1. The first-order valence-electron chi connectivity index (χ1n) is 7.66. The molecule has 3 aromatic rings. The molecule has 5 nitrogen and oxygen atoms in total. The van der Waals surface area contributed by atoms with Crippen LogP contribution in [-0.2, 0) is 4.79 Å². The third kappa shape index (κ3) is 4.06. The smallest absolute Gasteiger partial charge is 0.277 e. The second kappa shape index (κ2) is 7.48. The van der Waals surface area contributed by atoms with Gasteiger partial charge in [-0.2, -0.15) is 0 Å². The van der Waals surface area contributed by atoms with E-state index in [0.29, 0.717) is 5.89 Å². The molecule has 7 heteroatoms. The van der Waals surface area contributed by atoms with Crippen LogP contribution in [0.25, 0.3) is 11.5 Å². The topological polar surface area (TPSA) is 68.0 Å². The van der Waals surface area contributed by atoms with Gasteiger partial charge in [-0.3, -0.25) is 4.79 Å². The number of para-hydroxylation sites is 1. The van der Waals surface area contributed by atoms with Gasteiger partial charge in [0.05, 0.1) is 10.9 Å². The van der Waals surface area contributed by atoms with Crippen LogP contribution in [0.5, 0.6) is 0 Å². The first-order chi connectivity index (χ1) is 12.0. The SMILES string of the molecule is Cc1ccccc1-c1nnc(S[C@H](C)C(=O)Nc2ccccc2F)o1. The van der Waals surface area contributed by atoms with Crippen LogP contribution < -0.4 is 5.32 Å². The minimum atomic E-state index is -0.523. The van der Waals surface area contributed by atoms with E-state index >= 15 is 0 Å². The van der Waals surface area contributed by atoms with Crippen LogP contribution in [0.4, 0.5) is 10.1 Å². The Morgan fingerprint density at radius 3 is 2.64 bits per heavy atom. The third-order valence-corrected chi connectivity index (χ3v) is 4.49. The molecule has 0 unspecified atom stereocenters. The van der Waals surface area contributed by atoms with E-state index in [9.17, 15) is 9.18 Å². The van der Waals surface area contributed by atoms with Gasteiger partial charge in [0.25, 0.3) is 5.22 Å². The van der Waals surface area contributed by atoms with Crippen molar-refractivity contribution in [2.24, 2.45) is 0 Å². The summed E-state index contributed by atoms with van der Waals surface area (Å²) < 4.78 is 19.2. The summed E-state index contributed by atoms with van der Waals surface area (Å²) in [6.45, 7) is 3.65. The molecule has 0 saturated carbocycles. The molecule has 1 atom stereocenters. The summed E-state index contributed by atoms with van der Waals surface area (Å²) in [5, 5.41) is 10.3. The van der Waals surface area contributed by atoms with Gasteiger partial charge in [-0.1, -0.05) is 42.1 Å². The molecule has 0 aliphatic rings. The Hall–Kier alpha value is -2.67. The zero-order valence-corrected chi connectivity index (χ0v) is 14.5. The maximum Gasteiger partial charge on any atom is 0.277 e. The molecule has 1 heterocycles. The summed E-state index contributed by atoms with van der Waals surface area (Å²) in [7, 11) is 0. The fraction of sp³-hybridized carbons (Fsp3) is 0.167. The van der Waals surface area contributed by atoms with Crippen molar-refractivity contribution >= 4 is 23.4 Å². The van der Waals surface area contributed by atoms with Gasteiger partial charge in [-0.05, 0) is 37.6 Å². The number of carbonyl (C=O) groups excluding carboxylic acids is 1. The van der Waals surface area contributed by atoms with Crippen LogP contribution in [-0.4, -0.2) is 21.4 Å². The maximum absolute atomic E-state index is 13.6. The van der Waals surface area contributed by atoms with E-state index < -0.39 is 11.1 Å². The van der Waals surface area contributed by atoms with Gasteiger partial charge in [0.1, 0.15) is 5.82 Å². The molecule has 0 bridgehead atoms. The van der Waals surface area contributed by atoms with Gasteiger partial charge in [0, 0.05) is 5.56 Å². The van der Waals surface area contributed by atoms with Crippen LogP contribution in [0.1, 0.15) is 12.5 Å². The van der Waals surface area contributed by atoms with Crippen molar-refractivity contribution in [3.63, 3.8) is 0 Å². The minimum Gasteiger partial charge on any atom is -0.411 e. The van der Waals surface area contributed by atoms with Gasteiger partial charge in [-0.15, -0.1) is 10.2 Å². The number of rotatable bonds is 5. The van der Waals surface area contributed by atoms with Crippen molar-refractivity contribution in [1.82, 2.24) is 10.2 Å². The Kier molecular flexibility index (Phi) is 5.14. The molecule has 128 valence electrons. The van der Waals surface area contributed by atoms with E-state index in [1.807, 2.05) is 31.2 Å². The molecular formula is C18H16FN3O2S. The molecule has 2 aromatic carbocycles. The average molecular weight is 357 g/mol. The zero-order valence-electron chi connectivity index (χ0n) is 13.7. The number of aromatic nitrogens is 2. The molecule has 3 rings (SSSR count). The van der Waals surface area contributed by atoms with Crippen LogP contribution in [0.3, 0.4) is 0 Å². The number of halogens is 1. The first kappa shape index (κ1) is 17.2. The second-order valence-electron chi connectivity index (χ2n) is 5.42. The Balaban J connectivity index is 1.67. The highest BCUT2D eigenvalue weighted by atomic mass is 32.2. The van der Waals surface area contributed by atoms with Gasteiger partial charge >= 0.3 is 0 Å². The number of hydrogen-bond donors (Lipinski definition) is 1. The lowest BCUT2D eigenvalue weighted by Crippen LogP contribution is -2.22. The summed E-state index contributed by atoms with van der Waals surface area (Å²) in [5.74, 6) is -0.416. The number of benzene rings is 2. The number of aryl methyl sites for hydroxylation is 1. The molecule has 1 N–H and O–H groups in total. The predicted octanol–water partition coefficient (Wildman–Crippen LogP) is 4.30. The van der Waals surface area contributed by atoms with E-state index in [-0.39, 0.29) is 16.8 Å². The van der Waals surface area contributed by atoms with Crippen molar-refractivity contribution < 1.29 is 13.6 Å². The number of hydrogen-bond acceptors (Lipinski definition) is 5. The number of carbonyl (C=O) groups is 1. The number of amides is 1. The Bertz CT molecular complexity index is 897. The maximum atomic E-state index is 13.6. The van der Waals surface area contributed by atoms with Gasteiger partial charge in [0.2, 0.25) is 11.8 Å². The quantitative estimate of drug-likeness (QED) is 0.690. The van der Waals surface area contributed by atoms with E-state index in [2.05, 4.69) is 15.5 Å². The second-order valence-corrected chi connectivity index (χ2v) is 6.71. The number of thioether (sulfide) groups is 1. The third-order valence-electron chi connectivity index (χ3n) is 3.56.